The van der Waals surface area contributed by atoms with Crippen LogP contribution in [0.25, 0.3) is 0 Å². The van der Waals surface area contributed by atoms with Crippen LogP contribution >= 0.6 is 0 Å². The van der Waals surface area contributed by atoms with Crippen molar-refractivity contribution in [2.75, 3.05) is 13.2 Å². The Bertz CT molecular complexity index is 1220. The fourth-order valence-electron chi connectivity index (χ4n) is 11.3. The highest BCUT2D eigenvalue weighted by molar-refractivity contribution is 5.76. The molecule has 0 radical (unpaired) electrons. The Labute approximate surface area is 488 Å². The number of unbranched alkanes of at least 4 members (excludes halogenated alkanes) is 52. The summed E-state index contributed by atoms with van der Waals surface area (Å²) in [5, 5.41) is 23.2. The minimum Gasteiger partial charge on any atom is -0.466 e. The van der Waals surface area contributed by atoms with Crippen molar-refractivity contribution in [2.45, 2.75) is 411 Å². The molecule has 0 saturated carbocycles. The molecule has 0 aliphatic rings. The Kier molecular flexibility index (Phi) is 66.4. The number of aliphatic hydroxyl groups excluding tert-OH is 2. The molecule has 0 rings (SSSR count). The molecule has 0 aliphatic carbocycles. The van der Waals surface area contributed by atoms with Crippen molar-refractivity contribution in [2.24, 2.45) is 0 Å². The first kappa shape index (κ1) is 76.3. The summed E-state index contributed by atoms with van der Waals surface area (Å²) in [4.78, 5) is 24.5. The van der Waals surface area contributed by atoms with Crippen molar-refractivity contribution in [3.63, 3.8) is 0 Å². The summed E-state index contributed by atoms with van der Waals surface area (Å²) in [7, 11) is 0. The van der Waals surface area contributed by atoms with E-state index in [4.69, 9.17) is 4.74 Å². The van der Waals surface area contributed by atoms with Crippen LogP contribution in [0.3, 0.4) is 0 Å². The number of carbonyl (C=O) groups is 2. The monoisotopic (exact) mass is 1100 g/mol. The SMILES string of the molecule is CCCCCC/C=C\C/C=C\CCCCCCCC(=O)OCCCCCCCCCCCCCCCCCCCCCCCCCCCCCCCCCCCCCC(=O)NC(CO)C(O)CCCCCCCCCCCC. The lowest BCUT2D eigenvalue weighted by Crippen LogP contribution is -2.45. The largest absolute Gasteiger partial charge is 0.466 e. The Morgan fingerprint density at radius 2 is 0.641 bits per heavy atom. The Hall–Kier alpha value is -1.66. The fraction of sp³-hybridized carbons (Fsp3) is 0.917. The molecule has 0 aromatic carbocycles. The van der Waals surface area contributed by atoms with Crippen LogP contribution in [0.2, 0.25) is 0 Å². The summed E-state index contributed by atoms with van der Waals surface area (Å²) >= 11 is 0. The number of rotatable bonds is 67. The van der Waals surface area contributed by atoms with E-state index in [0.29, 0.717) is 25.9 Å². The minimum atomic E-state index is -0.658. The van der Waals surface area contributed by atoms with E-state index in [1.807, 2.05) is 0 Å². The lowest BCUT2D eigenvalue weighted by molar-refractivity contribution is -0.143. The van der Waals surface area contributed by atoms with Gasteiger partial charge < -0.3 is 20.3 Å². The Morgan fingerprint density at radius 3 is 0.987 bits per heavy atom. The molecule has 0 aliphatic heterocycles. The Balaban J connectivity index is 3.28. The van der Waals surface area contributed by atoms with Crippen LogP contribution in [0, 0.1) is 0 Å². The molecule has 2 atom stereocenters. The summed E-state index contributed by atoms with van der Waals surface area (Å²) in [6, 6.07) is -0.535. The number of allylic oxidation sites excluding steroid dienone is 4. The van der Waals surface area contributed by atoms with Crippen molar-refractivity contribution in [3.05, 3.63) is 24.3 Å². The quantitative estimate of drug-likeness (QED) is 0.0320. The van der Waals surface area contributed by atoms with E-state index in [9.17, 15) is 19.8 Å². The second-order valence-electron chi connectivity index (χ2n) is 24.6. The number of esters is 1. The first-order valence-electron chi connectivity index (χ1n) is 35.6. The van der Waals surface area contributed by atoms with E-state index < -0.39 is 12.1 Å². The van der Waals surface area contributed by atoms with E-state index in [2.05, 4.69) is 43.5 Å². The molecule has 3 N–H and O–H groups in total. The van der Waals surface area contributed by atoms with Gasteiger partial charge in [-0.3, -0.25) is 9.59 Å². The van der Waals surface area contributed by atoms with Gasteiger partial charge in [-0.25, -0.2) is 0 Å². The van der Waals surface area contributed by atoms with Crippen LogP contribution < -0.4 is 5.32 Å². The zero-order valence-corrected chi connectivity index (χ0v) is 52.9. The fourth-order valence-corrected chi connectivity index (χ4v) is 11.3. The first-order chi connectivity index (χ1) is 38.5. The molecule has 0 aromatic heterocycles. The van der Waals surface area contributed by atoms with Gasteiger partial charge in [0.25, 0.3) is 0 Å². The summed E-state index contributed by atoms with van der Waals surface area (Å²) in [6.45, 7) is 4.95. The molecule has 0 fully saturated rings. The van der Waals surface area contributed by atoms with E-state index in [-0.39, 0.29) is 18.5 Å². The predicted molar refractivity (Wildman–Crippen MR) is 343 cm³/mol. The van der Waals surface area contributed by atoms with Gasteiger partial charge >= 0.3 is 5.97 Å². The second-order valence-corrected chi connectivity index (χ2v) is 24.6. The highest BCUT2D eigenvalue weighted by Gasteiger charge is 2.20. The number of carbonyl (C=O) groups excluding carboxylic acids is 2. The van der Waals surface area contributed by atoms with Crippen LogP contribution in [-0.4, -0.2) is 47.4 Å². The van der Waals surface area contributed by atoms with Gasteiger partial charge in [0.1, 0.15) is 0 Å². The minimum absolute atomic E-state index is 0.00954. The highest BCUT2D eigenvalue weighted by atomic mass is 16.5. The third-order valence-electron chi connectivity index (χ3n) is 16.8. The van der Waals surface area contributed by atoms with E-state index in [1.165, 1.54) is 315 Å². The number of amides is 1. The predicted octanol–water partition coefficient (Wildman–Crippen LogP) is 22.9. The molecule has 6 nitrogen and oxygen atoms in total. The Morgan fingerprint density at radius 1 is 0.359 bits per heavy atom. The van der Waals surface area contributed by atoms with Crippen molar-refractivity contribution in [3.8, 4) is 0 Å². The maximum Gasteiger partial charge on any atom is 0.305 e. The van der Waals surface area contributed by atoms with Crippen LogP contribution in [0.15, 0.2) is 24.3 Å². The zero-order valence-electron chi connectivity index (χ0n) is 52.9. The number of hydrogen-bond acceptors (Lipinski definition) is 5. The number of aliphatic hydroxyl groups is 2. The lowest BCUT2D eigenvalue weighted by atomic mass is 10.0. The van der Waals surface area contributed by atoms with Crippen LogP contribution in [0.4, 0.5) is 0 Å². The third-order valence-corrected chi connectivity index (χ3v) is 16.8. The molecule has 0 spiro atoms. The van der Waals surface area contributed by atoms with Crippen molar-refractivity contribution < 1.29 is 24.5 Å². The van der Waals surface area contributed by atoms with Gasteiger partial charge in [-0.2, -0.15) is 0 Å². The van der Waals surface area contributed by atoms with Gasteiger partial charge in [-0.15, -0.1) is 0 Å². The lowest BCUT2D eigenvalue weighted by Gasteiger charge is -2.22. The maximum atomic E-state index is 12.4. The van der Waals surface area contributed by atoms with Gasteiger partial charge in [0.05, 0.1) is 25.4 Å². The van der Waals surface area contributed by atoms with Crippen LogP contribution in [0.1, 0.15) is 399 Å². The van der Waals surface area contributed by atoms with Gasteiger partial charge in [0.2, 0.25) is 5.91 Å². The van der Waals surface area contributed by atoms with Gasteiger partial charge in [0.15, 0.2) is 0 Å². The molecule has 462 valence electrons. The summed E-state index contributed by atoms with van der Waals surface area (Å²) in [5.74, 6) is -0.0199. The van der Waals surface area contributed by atoms with Crippen molar-refractivity contribution in [1.82, 2.24) is 5.32 Å². The van der Waals surface area contributed by atoms with E-state index in [1.54, 1.807) is 0 Å². The number of nitrogens with one attached hydrogen (secondary N) is 1. The van der Waals surface area contributed by atoms with Crippen molar-refractivity contribution >= 4 is 11.9 Å². The first-order valence-corrected chi connectivity index (χ1v) is 35.6. The van der Waals surface area contributed by atoms with E-state index >= 15 is 0 Å². The van der Waals surface area contributed by atoms with Gasteiger partial charge in [0, 0.05) is 12.8 Å². The molecule has 0 heterocycles. The number of hydrogen-bond donors (Lipinski definition) is 3. The molecule has 0 saturated heterocycles. The van der Waals surface area contributed by atoms with Crippen LogP contribution in [0.5, 0.6) is 0 Å². The average Bonchev–Trinajstić information content (AvgIpc) is 3.44. The molecule has 2 unspecified atom stereocenters. The van der Waals surface area contributed by atoms with E-state index in [0.717, 1.165) is 51.4 Å². The normalized spacial score (nSPS) is 12.6. The smallest absolute Gasteiger partial charge is 0.305 e. The molecular weight excluding hydrogens is 959 g/mol. The standard InChI is InChI=1S/C72H139NO5/c1-3-5-7-9-11-13-15-16-17-40-43-46-50-54-58-62-66-72(77)78-67-63-59-55-51-47-44-41-38-36-34-32-30-28-26-24-22-20-18-19-21-23-25-27-29-31-33-35-37-39-42-45-49-53-57-61-65-71(76)73-69(68-74)70(75)64-60-56-52-48-14-12-10-8-6-4-2/h13,15,17,40,69-70,74-75H,3-12,14,16,18-39,41-68H2,1-2H3,(H,73,76)/b15-13-,40-17-. The van der Waals surface area contributed by atoms with Gasteiger partial charge in [-0.1, -0.05) is 353 Å². The average molecular weight is 1100 g/mol. The zero-order chi connectivity index (χ0) is 56.4. The molecule has 0 bridgehead atoms. The molecular formula is C72H139NO5. The number of ether oxygens (including phenoxy) is 1. The second kappa shape index (κ2) is 67.8. The topological polar surface area (TPSA) is 95.9 Å². The van der Waals surface area contributed by atoms with Crippen LogP contribution in [-0.2, 0) is 14.3 Å². The summed E-state index contributed by atoms with van der Waals surface area (Å²) in [5.41, 5.74) is 0. The van der Waals surface area contributed by atoms with Crippen molar-refractivity contribution in [1.29, 1.82) is 0 Å². The van der Waals surface area contributed by atoms with Gasteiger partial charge in [-0.05, 0) is 57.8 Å². The highest BCUT2D eigenvalue weighted by Crippen LogP contribution is 2.19. The maximum absolute atomic E-state index is 12.4. The molecule has 78 heavy (non-hydrogen) atoms. The molecule has 0 aromatic rings. The molecule has 6 heteroatoms. The summed E-state index contributed by atoms with van der Waals surface area (Å²) < 4.78 is 5.49. The molecule has 1 amide bonds. The summed E-state index contributed by atoms with van der Waals surface area (Å²) in [6.07, 6.45) is 85.4. The third kappa shape index (κ3) is 63.5.